The molecule has 26 heavy (non-hydrogen) atoms. The van der Waals surface area contributed by atoms with Gasteiger partial charge in [0.2, 0.25) is 0 Å². The molecule has 0 heterocycles. The Morgan fingerprint density at radius 1 is 0.692 bits per heavy atom. The highest BCUT2D eigenvalue weighted by Crippen LogP contribution is 2.35. The number of phenolic OH excluding ortho intramolecular Hbond substituents is 3. The second-order valence-electron chi connectivity index (χ2n) is 6.49. The molecule has 0 atom stereocenters. The summed E-state index contributed by atoms with van der Waals surface area (Å²) in [5.74, 6) is 0.390. The lowest BCUT2D eigenvalue weighted by atomic mass is 9.71. The molecule has 0 spiro atoms. The second-order valence-corrected chi connectivity index (χ2v) is 6.49. The van der Waals surface area contributed by atoms with Crippen molar-refractivity contribution in [3.8, 4) is 17.2 Å². The predicted molar refractivity (Wildman–Crippen MR) is 99.5 cm³/mol. The third kappa shape index (κ3) is 3.40. The number of carbonyl (C=O) groups excluding carboxylic acids is 1. The van der Waals surface area contributed by atoms with E-state index in [0.717, 1.165) is 16.7 Å². The molecule has 0 bridgehead atoms. The first-order valence-corrected chi connectivity index (χ1v) is 8.30. The Labute approximate surface area is 152 Å². The summed E-state index contributed by atoms with van der Waals surface area (Å²) in [5, 5.41) is 28.6. The van der Waals surface area contributed by atoms with Crippen molar-refractivity contribution in [3.63, 3.8) is 0 Å². The van der Waals surface area contributed by atoms with Gasteiger partial charge in [0, 0.05) is 6.42 Å². The summed E-state index contributed by atoms with van der Waals surface area (Å²) in [6.45, 7) is 1.84. The van der Waals surface area contributed by atoms with E-state index >= 15 is 0 Å². The van der Waals surface area contributed by atoms with Crippen LogP contribution in [0.3, 0.4) is 0 Å². The quantitative estimate of drug-likeness (QED) is 0.653. The van der Waals surface area contributed by atoms with Gasteiger partial charge in [0.05, 0.1) is 5.41 Å². The first kappa shape index (κ1) is 17.5. The van der Waals surface area contributed by atoms with Gasteiger partial charge in [-0.05, 0) is 60.0 Å². The standard InChI is InChI=1S/C22H20O4/c1-22(16-4-10-19(24)11-5-16,17-6-12-20(25)13-7-17)21(26)14-15-2-8-18(23)9-3-15/h2-13,23-25H,14H2,1H3. The molecule has 0 aliphatic heterocycles. The summed E-state index contributed by atoms with van der Waals surface area (Å²) in [5.41, 5.74) is 1.37. The number of hydrogen-bond donors (Lipinski definition) is 3. The molecule has 0 saturated heterocycles. The van der Waals surface area contributed by atoms with E-state index in [4.69, 9.17) is 0 Å². The molecule has 0 amide bonds. The average molecular weight is 348 g/mol. The Kier molecular flexibility index (Phi) is 4.67. The lowest BCUT2D eigenvalue weighted by Gasteiger charge is -2.30. The van der Waals surface area contributed by atoms with Crippen LogP contribution in [-0.4, -0.2) is 21.1 Å². The molecule has 3 aromatic carbocycles. The Hall–Kier alpha value is -3.27. The SMILES string of the molecule is CC(C(=O)Cc1ccc(O)cc1)(c1ccc(O)cc1)c1ccc(O)cc1. The molecule has 4 heteroatoms. The van der Waals surface area contributed by atoms with Gasteiger partial charge >= 0.3 is 0 Å². The molecule has 0 fully saturated rings. The van der Waals surface area contributed by atoms with Crippen LogP contribution in [0.4, 0.5) is 0 Å². The number of rotatable bonds is 5. The fourth-order valence-corrected chi connectivity index (χ4v) is 3.05. The molecule has 0 aromatic heterocycles. The van der Waals surface area contributed by atoms with Crippen molar-refractivity contribution >= 4 is 5.78 Å². The highest BCUT2D eigenvalue weighted by Gasteiger charge is 2.36. The van der Waals surface area contributed by atoms with Gasteiger partial charge in [0.1, 0.15) is 17.2 Å². The molecule has 0 aliphatic rings. The van der Waals surface area contributed by atoms with Crippen LogP contribution in [0.25, 0.3) is 0 Å². The van der Waals surface area contributed by atoms with Crippen molar-refractivity contribution in [2.24, 2.45) is 0 Å². The zero-order valence-electron chi connectivity index (χ0n) is 14.4. The molecule has 0 saturated carbocycles. The fraction of sp³-hybridized carbons (Fsp3) is 0.136. The molecule has 0 unspecified atom stereocenters. The molecule has 3 N–H and O–H groups in total. The Morgan fingerprint density at radius 2 is 1.04 bits per heavy atom. The fourth-order valence-electron chi connectivity index (χ4n) is 3.05. The van der Waals surface area contributed by atoms with Crippen molar-refractivity contribution in [1.29, 1.82) is 0 Å². The van der Waals surface area contributed by atoms with Crippen molar-refractivity contribution in [1.82, 2.24) is 0 Å². The summed E-state index contributed by atoms with van der Waals surface area (Å²) in [7, 11) is 0. The van der Waals surface area contributed by atoms with Crippen LogP contribution in [0.5, 0.6) is 17.2 Å². The van der Waals surface area contributed by atoms with Crippen LogP contribution in [0.15, 0.2) is 72.8 Å². The predicted octanol–water partition coefficient (Wildman–Crippen LogP) is 3.92. The number of carbonyl (C=O) groups is 1. The molecule has 3 rings (SSSR count). The van der Waals surface area contributed by atoms with Gasteiger partial charge in [-0.15, -0.1) is 0 Å². The van der Waals surface area contributed by atoms with Crippen LogP contribution in [0, 0.1) is 0 Å². The van der Waals surface area contributed by atoms with Crippen LogP contribution in [-0.2, 0) is 16.6 Å². The molecule has 0 radical (unpaired) electrons. The van der Waals surface area contributed by atoms with E-state index in [1.165, 1.54) is 0 Å². The maximum absolute atomic E-state index is 13.3. The van der Waals surface area contributed by atoms with E-state index in [9.17, 15) is 20.1 Å². The van der Waals surface area contributed by atoms with Gasteiger partial charge in [0.25, 0.3) is 0 Å². The number of phenols is 3. The van der Waals surface area contributed by atoms with Gasteiger partial charge < -0.3 is 15.3 Å². The van der Waals surface area contributed by atoms with Gasteiger partial charge in [-0.2, -0.15) is 0 Å². The number of benzene rings is 3. The van der Waals surface area contributed by atoms with Crippen molar-refractivity contribution in [3.05, 3.63) is 89.5 Å². The number of ketones is 1. The normalized spacial score (nSPS) is 11.3. The Morgan fingerprint density at radius 3 is 1.42 bits per heavy atom. The van der Waals surface area contributed by atoms with Crippen LogP contribution in [0.2, 0.25) is 0 Å². The average Bonchev–Trinajstić information content (AvgIpc) is 2.64. The van der Waals surface area contributed by atoms with Crippen molar-refractivity contribution < 1.29 is 20.1 Å². The van der Waals surface area contributed by atoms with Gasteiger partial charge in [-0.1, -0.05) is 36.4 Å². The smallest absolute Gasteiger partial charge is 0.151 e. The second kappa shape index (κ2) is 6.92. The molecule has 0 aliphatic carbocycles. The van der Waals surface area contributed by atoms with E-state index in [2.05, 4.69) is 0 Å². The molecular formula is C22H20O4. The maximum Gasteiger partial charge on any atom is 0.151 e. The maximum atomic E-state index is 13.3. The molecule has 4 nitrogen and oxygen atoms in total. The third-order valence-electron chi connectivity index (χ3n) is 4.75. The van der Waals surface area contributed by atoms with E-state index < -0.39 is 5.41 Å². The minimum absolute atomic E-state index is 0.0282. The van der Waals surface area contributed by atoms with E-state index in [-0.39, 0.29) is 29.5 Å². The van der Waals surface area contributed by atoms with Gasteiger partial charge in [0.15, 0.2) is 5.78 Å². The first-order chi connectivity index (χ1) is 12.4. The minimum atomic E-state index is -0.945. The number of aromatic hydroxyl groups is 3. The lowest BCUT2D eigenvalue weighted by Crippen LogP contribution is -2.35. The monoisotopic (exact) mass is 348 g/mol. The zero-order chi connectivity index (χ0) is 18.7. The molecule has 3 aromatic rings. The summed E-state index contributed by atoms with van der Waals surface area (Å²) in [6.07, 6.45) is 0.193. The minimum Gasteiger partial charge on any atom is -0.508 e. The summed E-state index contributed by atoms with van der Waals surface area (Å²) in [4.78, 5) is 13.3. The molecule has 132 valence electrons. The first-order valence-electron chi connectivity index (χ1n) is 8.30. The highest BCUT2D eigenvalue weighted by atomic mass is 16.3. The van der Waals surface area contributed by atoms with Crippen LogP contribution >= 0.6 is 0 Å². The van der Waals surface area contributed by atoms with Gasteiger partial charge in [-0.3, -0.25) is 4.79 Å². The van der Waals surface area contributed by atoms with E-state index in [1.807, 2.05) is 6.92 Å². The largest absolute Gasteiger partial charge is 0.508 e. The van der Waals surface area contributed by atoms with E-state index in [0.29, 0.717) is 0 Å². The van der Waals surface area contributed by atoms with E-state index in [1.54, 1.807) is 72.8 Å². The van der Waals surface area contributed by atoms with Crippen molar-refractivity contribution in [2.45, 2.75) is 18.8 Å². The summed E-state index contributed by atoms with van der Waals surface area (Å²) < 4.78 is 0. The topological polar surface area (TPSA) is 77.8 Å². The summed E-state index contributed by atoms with van der Waals surface area (Å²) in [6, 6.07) is 19.7. The van der Waals surface area contributed by atoms with Gasteiger partial charge in [-0.25, -0.2) is 0 Å². The third-order valence-corrected chi connectivity index (χ3v) is 4.75. The Balaban J connectivity index is 2.04. The number of Topliss-reactive ketones (excluding diaryl/α,β-unsaturated/α-hetero) is 1. The van der Waals surface area contributed by atoms with Crippen LogP contribution in [0.1, 0.15) is 23.6 Å². The highest BCUT2D eigenvalue weighted by molar-refractivity contribution is 5.95. The summed E-state index contributed by atoms with van der Waals surface area (Å²) >= 11 is 0. The number of hydrogen-bond acceptors (Lipinski definition) is 4. The van der Waals surface area contributed by atoms with Crippen LogP contribution < -0.4 is 0 Å². The molecular weight excluding hydrogens is 328 g/mol. The zero-order valence-corrected chi connectivity index (χ0v) is 14.4. The van der Waals surface area contributed by atoms with Crippen molar-refractivity contribution in [2.75, 3.05) is 0 Å². The lowest BCUT2D eigenvalue weighted by molar-refractivity contribution is -0.122. The Bertz CT molecular complexity index is 849.